The number of hydrogen-bond donors (Lipinski definition) is 1. The van der Waals surface area contributed by atoms with E-state index in [1.165, 1.54) is 23.9 Å². The van der Waals surface area contributed by atoms with Gasteiger partial charge >= 0.3 is 0 Å². The zero-order valence-corrected chi connectivity index (χ0v) is 10.8. The van der Waals surface area contributed by atoms with E-state index in [4.69, 9.17) is 0 Å². The van der Waals surface area contributed by atoms with E-state index in [0.29, 0.717) is 4.75 Å². The quantitative estimate of drug-likeness (QED) is 0.890. The molecule has 17 heavy (non-hydrogen) atoms. The predicted octanol–water partition coefficient (Wildman–Crippen LogP) is 3.54. The molecule has 1 heterocycles. The van der Waals surface area contributed by atoms with Crippen LogP contribution in [-0.4, -0.2) is 22.5 Å². The lowest BCUT2D eigenvalue weighted by Crippen LogP contribution is -2.17. The van der Waals surface area contributed by atoms with Gasteiger partial charge in [-0.1, -0.05) is 18.2 Å². The summed E-state index contributed by atoms with van der Waals surface area (Å²) in [5.74, 6) is 0. The predicted molar refractivity (Wildman–Crippen MR) is 75.7 cm³/mol. The Hall–Kier alpha value is -1.22. The van der Waals surface area contributed by atoms with E-state index in [2.05, 4.69) is 40.8 Å². The maximum absolute atomic E-state index is 4.38. The molecule has 1 aliphatic rings. The molecule has 1 aromatic heterocycles. The molecule has 0 unspecified atom stereocenters. The molecule has 0 radical (unpaired) electrons. The third kappa shape index (κ3) is 2.12. The van der Waals surface area contributed by atoms with Gasteiger partial charge in [0, 0.05) is 28.6 Å². The number of thioether (sulfide) groups is 1. The van der Waals surface area contributed by atoms with Crippen molar-refractivity contribution >= 4 is 28.4 Å². The van der Waals surface area contributed by atoms with Crippen molar-refractivity contribution < 1.29 is 0 Å². The number of hydrogen-bond acceptors (Lipinski definition) is 3. The number of nitrogens with one attached hydrogen (secondary N) is 1. The van der Waals surface area contributed by atoms with E-state index in [9.17, 15) is 0 Å². The van der Waals surface area contributed by atoms with Crippen LogP contribution in [0.25, 0.3) is 10.9 Å². The van der Waals surface area contributed by atoms with Gasteiger partial charge in [0.1, 0.15) is 0 Å². The standard InChI is InChI=1S/C14H16N2S/c1-17-14(7-8-14)10-16-13-6-9-15-12-5-3-2-4-11(12)13/h2-6,9H,7-8,10H2,1H3,(H,15,16). The number of aromatic nitrogens is 1. The second-order valence-electron chi connectivity index (χ2n) is 4.62. The smallest absolute Gasteiger partial charge is 0.0722 e. The Balaban J connectivity index is 1.85. The highest BCUT2D eigenvalue weighted by molar-refractivity contribution is 8.00. The minimum Gasteiger partial charge on any atom is -0.383 e. The molecule has 2 nitrogen and oxygen atoms in total. The molecule has 0 spiro atoms. The Morgan fingerprint density at radius 1 is 1.29 bits per heavy atom. The fourth-order valence-electron chi connectivity index (χ4n) is 2.10. The summed E-state index contributed by atoms with van der Waals surface area (Å²) < 4.78 is 0.490. The molecule has 2 aromatic rings. The summed E-state index contributed by atoms with van der Waals surface area (Å²) >= 11 is 1.98. The zero-order valence-electron chi connectivity index (χ0n) is 9.94. The van der Waals surface area contributed by atoms with Crippen LogP contribution >= 0.6 is 11.8 Å². The average molecular weight is 244 g/mol. The molecule has 3 heteroatoms. The van der Waals surface area contributed by atoms with Crippen LogP contribution in [-0.2, 0) is 0 Å². The first kappa shape index (κ1) is 10.9. The van der Waals surface area contributed by atoms with E-state index in [0.717, 1.165) is 12.1 Å². The van der Waals surface area contributed by atoms with Crippen molar-refractivity contribution in [1.82, 2.24) is 4.98 Å². The zero-order chi connectivity index (χ0) is 11.7. The normalized spacial score (nSPS) is 17.0. The maximum atomic E-state index is 4.38. The molecule has 3 rings (SSSR count). The number of rotatable bonds is 4. The van der Waals surface area contributed by atoms with Crippen molar-refractivity contribution in [2.75, 3.05) is 18.1 Å². The third-order valence-corrected chi connectivity index (χ3v) is 4.91. The number of para-hydroxylation sites is 1. The fraction of sp³-hybridized carbons (Fsp3) is 0.357. The van der Waals surface area contributed by atoms with Gasteiger partial charge in [0.2, 0.25) is 0 Å². The molecule has 1 aliphatic carbocycles. The fourth-order valence-corrected chi connectivity index (χ4v) is 2.83. The maximum Gasteiger partial charge on any atom is 0.0722 e. The van der Waals surface area contributed by atoms with Crippen LogP contribution in [0.5, 0.6) is 0 Å². The first-order chi connectivity index (χ1) is 8.33. The largest absolute Gasteiger partial charge is 0.383 e. The van der Waals surface area contributed by atoms with Gasteiger partial charge in [-0.15, -0.1) is 0 Å². The number of anilines is 1. The average Bonchev–Trinajstić information content (AvgIpc) is 3.17. The second-order valence-corrected chi connectivity index (χ2v) is 5.89. The van der Waals surface area contributed by atoms with Gasteiger partial charge in [0.25, 0.3) is 0 Å². The molecule has 0 atom stereocenters. The van der Waals surface area contributed by atoms with Crippen LogP contribution in [0.2, 0.25) is 0 Å². The lowest BCUT2D eigenvalue weighted by Gasteiger charge is -2.15. The monoisotopic (exact) mass is 244 g/mol. The van der Waals surface area contributed by atoms with Crippen molar-refractivity contribution in [1.29, 1.82) is 0 Å². The van der Waals surface area contributed by atoms with E-state index in [1.54, 1.807) is 0 Å². The van der Waals surface area contributed by atoms with Crippen LogP contribution in [0, 0.1) is 0 Å². The highest BCUT2D eigenvalue weighted by Gasteiger charge is 2.41. The summed E-state index contributed by atoms with van der Waals surface area (Å²) in [6, 6.07) is 10.4. The SMILES string of the molecule is CSC1(CNc2ccnc3ccccc23)CC1. The van der Waals surface area contributed by atoms with E-state index in [-0.39, 0.29) is 0 Å². The summed E-state index contributed by atoms with van der Waals surface area (Å²) in [7, 11) is 0. The molecule has 0 aliphatic heterocycles. The summed E-state index contributed by atoms with van der Waals surface area (Å²) in [4.78, 5) is 4.38. The minimum absolute atomic E-state index is 0.490. The number of nitrogens with zero attached hydrogens (tertiary/aromatic N) is 1. The van der Waals surface area contributed by atoms with Crippen LogP contribution < -0.4 is 5.32 Å². The van der Waals surface area contributed by atoms with Crippen LogP contribution in [0.3, 0.4) is 0 Å². The summed E-state index contributed by atoms with van der Waals surface area (Å²) in [5, 5.41) is 4.80. The van der Waals surface area contributed by atoms with Gasteiger partial charge in [-0.3, -0.25) is 4.98 Å². The van der Waals surface area contributed by atoms with Gasteiger partial charge in [-0.2, -0.15) is 11.8 Å². The number of fused-ring (bicyclic) bond motifs is 1. The summed E-state index contributed by atoms with van der Waals surface area (Å²) in [5.41, 5.74) is 2.27. The van der Waals surface area contributed by atoms with Gasteiger partial charge in [0.05, 0.1) is 5.52 Å². The van der Waals surface area contributed by atoms with E-state index >= 15 is 0 Å². The van der Waals surface area contributed by atoms with Crippen LogP contribution in [0.1, 0.15) is 12.8 Å². The first-order valence-corrected chi connectivity index (χ1v) is 7.18. The van der Waals surface area contributed by atoms with Crippen molar-refractivity contribution in [3.05, 3.63) is 36.5 Å². The van der Waals surface area contributed by atoms with Crippen molar-refractivity contribution in [2.45, 2.75) is 17.6 Å². The van der Waals surface area contributed by atoms with Crippen molar-refractivity contribution in [2.24, 2.45) is 0 Å². The topological polar surface area (TPSA) is 24.9 Å². The molecule has 1 N–H and O–H groups in total. The van der Waals surface area contributed by atoms with E-state index in [1.807, 2.05) is 24.0 Å². The van der Waals surface area contributed by atoms with Gasteiger partial charge in [-0.05, 0) is 31.2 Å². The molecule has 0 saturated heterocycles. The van der Waals surface area contributed by atoms with Gasteiger partial charge in [-0.25, -0.2) is 0 Å². The van der Waals surface area contributed by atoms with Crippen molar-refractivity contribution in [3.63, 3.8) is 0 Å². The minimum atomic E-state index is 0.490. The molecule has 88 valence electrons. The molecular weight excluding hydrogens is 228 g/mol. The second kappa shape index (κ2) is 4.22. The molecular formula is C14H16N2S. The first-order valence-electron chi connectivity index (χ1n) is 5.96. The van der Waals surface area contributed by atoms with Crippen molar-refractivity contribution in [3.8, 4) is 0 Å². The third-order valence-electron chi connectivity index (χ3n) is 3.49. The molecule has 1 fully saturated rings. The van der Waals surface area contributed by atoms with Crippen LogP contribution in [0.15, 0.2) is 36.5 Å². The van der Waals surface area contributed by atoms with E-state index < -0.39 is 0 Å². The Kier molecular flexibility index (Phi) is 2.71. The van der Waals surface area contributed by atoms with Gasteiger partial charge in [0.15, 0.2) is 0 Å². The number of pyridine rings is 1. The number of benzene rings is 1. The lowest BCUT2D eigenvalue weighted by molar-refractivity contribution is 0.950. The highest BCUT2D eigenvalue weighted by atomic mass is 32.2. The lowest BCUT2D eigenvalue weighted by atomic mass is 10.2. The molecule has 0 bridgehead atoms. The van der Waals surface area contributed by atoms with Gasteiger partial charge < -0.3 is 5.32 Å². The Morgan fingerprint density at radius 2 is 2.12 bits per heavy atom. The molecule has 1 saturated carbocycles. The Morgan fingerprint density at radius 3 is 2.88 bits per heavy atom. The highest BCUT2D eigenvalue weighted by Crippen LogP contribution is 2.47. The Bertz CT molecular complexity index is 529. The molecule has 1 aromatic carbocycles. The summed E-state index contributed by atoms with van der Waals surface area (Å²) in [6.45, 7) is 1.06. The Labute approximate surface area is 106 Å². The van der Waals surface area contributed by atoms with Crippen LogP contribution in [0.4, 0.5) is 5.69 Å². The summed E-state index contributed by atoms with van der Waals surface area (Å²) in [6.07, 6.45) is 6.76. The molecule has 0 amide bonds.